The molecule has 1 nitrogen and oxygen atoms in total. The molecule has 7 heavy (non-hydrogen) atoms. The van der Waals surface area contributed by atoms with E-state index in [2.05, 4.69) is 6.92 Å². The van der Waals surface area contributed by atoms with E-state index < -0.39 is 0 Å². The van der Waals surface area contributed by atoms with Crippen LogP contribution in [0.2, 0.25) is 0 Å². The summed E-state index contributed by atoms with van der Waals surface area (Å²) in [6, 6.07) is 0. The van der Waals surface area contributed by atoms with Gasteiger partial charge < -0.3 is 11.7 Å². The first-order valence-corrected chi connectivity index (χ1v) is 2.18. The van der Waals surface area contributed by atoms with E-state index in [0.717, 1.165) is 0 Å². The maximum atomic E-state index is 4.93. The van der Waals surface area contributed by atoms with Crippen molar-refractivity contribution in [3.05, 3.63) is 6.92 Å². The molecule has 0 heterocycles. The molecule has 0 aromatic carbocycles. The van der Waals surface area contributed by atoms with E-state index in [0.29, 0.717) is 12.7 Å². The second-order valence-electron chi connectivity index (χ2n) is 1.42. The van der Waals surface area contributed by atoms with Crippen LogP contribution in [0.3, 0.4) is 0 Å². The summed E-state index contributed by atoms with van der Waals surface area (Å²) in [5.74, 6) is 0. The Bertz CT molecular complexity index is 29.3. The third kappa shape index (κ3) is 10.8. The minimum absolute atomic E-state index is 0. The van der Waals surface area contributed by atoms with Gasteiger partial charge in [-0.3, -0.25) is 0 Å². The van der Waals surface area contributed by atoms with Gasteiger partial charge in [-0.05, 0) is 13.8 Å². The van der Waals surface area contributed by atoms with E-state index in [4.69, 9.17) is 4.74 Å². The molecule has 0 saturated heterocycles. The van der Waals surface area contributed by atoms with Crippen molar-refractivity contribution < 1.29 is 26.5 Å². The maximum Gasteiger partial charge on any atom is 0.0483 e. The molecule has 0 aliphatic rings. The van der Waals surface area contributed by atoms with Crippen LogP contribution >= 0.6 is 0 Å². The van der Waals surface area contributed by atoms with E-state index in [1.807, 2.05) is 13.8 Å². The Hall–Kier alpha value is 0.674. The molecule has 0 aliphatic carbocycles. The topological polar surface area (TPSA) is 9.23 Å². The summed E-state index contributed by atoms with van der Waals surface area (Å²) in [5.41, 5.74) is 0. The van der Waals surface area contributed by atoms with Crippen molar-refractivity contribution in [1.29, 1.82) is 0 Å². The Morgan fingerprint density at radius 2 is 2.00 bits per heavy atom. The Labute approximate surface area is 60.3 Å². The molecular weight excluding hydrogens is 124 g/mol. The predicted octanol–water partition coefficient (Wildman–Crippen LogP) is 1.24. The van der Waals surface area contributed by atoms with E-state index in [1.54, 1.807) is 0 Å². The van der Waals surface area contributed by atoms with Crippen molar-refractivity contribution >= 4 is 0 Å². The molecular formula is C5H11OTi-. The minimum Gasteiger partial charge on any atom is -0.411 e. The van der Waals surface area contributed by atoms with Gasteiger partial charge in [-0.15, -0.1) is 0 Å². The van der Waals surface area contributed by atoms with Crippen molar-refractivity contribution in [3.63, 3.8) is 0 Å². The second kappa shape index (κ2) is 6.67. The van der Waals surface area contributed by atoms with Crippen LogP contribution in [0, 0.1) is 6.92 Å². The zero-order valence-electron chi connectivity index (χ0n) is 4.90. The van der Waals surface area contributed by atoms with Gasteiger partial charge in [0.1, 0.15) is 0 Å². The first kappa shape index (κ1) is 10.6. The van der Waals surface area contributed by atoms with E-state index in [9.17, 15) is 0 Å². The number of hydrogen-bond acceptors (Lipinski definition) is 1. The van der Waals surface area contributed by atoms with Crippen molar-refractivity contribution in [1.82, 2.24) is 0 Å². The van der Waals surface area contributed by atoms with Gasteiger partial charge >= 0.3 is 0 Å². The van der Waals surface area contributed by atoms with Gasteiger partial charge in [0.2, 0.25) is 0 Å². The predicted molar refractivity (Wildman–Crippen MR) is 26.4 cm³/mol. The van der Waals surface area contributed by atoms with Gasteiger partial charge in [0.15, 0.2) is 0 Å². The van der Waals surface area contributed by atoms with Gasteiger partial charge in [-0.2, -0.15) is 0 Å². The fourth-order valence-corrected chi connectivity index (χ4v) is 0.236. The molecule has 0 aliphatic heterocycles. The molecule has 0 amide bonds. The molecule has 0 rings (SSSR count). The summed E-state index contributed by atoms with van der Waals surface area (Å²) in [5, 5.41) is 0. The molecule has 0 saturated carbocycles. The quantitative estimate of drug-likeness (QED) is 0.408. The molecule has 0 N–H and O–H groups in total. The number of rotatable bonds is 2. The fourth-order valence-electron chi connectivity index (χ4n) is 0.236. The first-order chi connectivity index (χ1) is 2.77. The normalized spacial score (nSPS) is 8.57. The van der Waals surface area contributed by atoms with E-state index in [1.165, 1.54) is 0 Å². The monoisotopic (exact) mass is 135 g/mol. The van der Waals surface area contributed by atoms with Crippen LogP contribution in [-0.4, -0.2) is 12.7 Å². The van der Waals surface area contributed by atoms with Gasteiger partial charge in [0.05, 0.1) is 0 Å². The Morgan fingerprint density at radius 3 is 2.00 bits per heavy atom. The Balaban J connectivity index is 0. The van der Waals surface area contributed by atoms with Gasteiger partial charge in [0, 0.05) is 27.8 Å². The average molecular weight is 135 g/mol. The summed E-state index contributed by atoms with van der Waals surface area (Å²) in [4.78, 5) is 0. The number of hydrogen-bond donors (Lipinski definition) is 0. The summed E-state index contributed by atoms with van der Waals surface area (Å²) in [6.45, 7) is 8.07. The third-order valence-corrected chi connectivity index (χ3v) is 0.451. The standard InChI is InChI=1S/C5H11O.Ti/c1-4-6-5(2)3;/h5H,1,4H2,2-3H3;/q-1;. The zero-order chi connectivity index (χ0) is 4.99. The molecule has 0 radical (unpaired) electrons. The molecule has 0 atom stereocenters. The molecule has 0 bridgehead atoms. The van der Waals surface area contributed by atoms with Crippen LogP contribution in [0.5, 0.6) is 0 Å². The van der Waals surface area contributed by atoms with Crippen LogP contribution in [0.25, 0.3) is 0 Å². The van der Waals surface area contributed by atoms with Crippen molar-refractivity contribution in [2.45, 2.75) is 20.0 Å². The van der Waals surface area contributed by atoms with Crippen molar-refractivity contribution in [2.24, 2.45) is 0 Å². The number of ether oxygens (including phenoxy) is 1. The summed E-state index contributed by atoms with van der Waals surface area (Å²) < 4.78 is 4.93. The van der Waals surface area contributed by atoms with Gasteiger partial charge in [-0.1, -0.05) is 6.61 Å². The van der Waals surface area contributed by atoms with Crippen LogP contribution < -0.4 is 0 Å². The molecule has 0 aromatic heterocycles. The van der Waals surface area contributed by atoms with Gasteiger partial charge in [-0.25, -0.2) is 0 Å². The summed E-state index contributed by atoms with van der Waals surface area (Å²) in [6.07, 6.45) is 0.336. The van der Waals surface area contributed by atoms with E-state index >= 15 is 0 Å². The zero-order valence-corrected chi connectivity index (χ0v) is 6.46. The van der Waals surface area contributed by atoms with Crippen molar-refractivity contribution in [2.75, 3.05) is 6.61 Å². The van der Waals surface area contributed by atoms with E-state index in [-0.39, 0.29) is 21.7 Å². The molecule has 2 heteroatoms. The smallest absolute Gasteiger partial charge is 0.0483 e. The Morgan fingerprint density at radius 1 is 1.57 bits per heavy atom. The summed E-state index contributed by atoms with van der Waals surface area (Å²) in [7, 11) is 0. The van der Waals surface area contributed by atoms with Crippen LogP contribution in [0.4, 0.5) is 0 Å². The van der Waals surface area contributed by atoms with Crippen LogP contribution in [0.15, 0.2) is 0 Å². The largest absolute Gasteiger partial charge is 0.411 e. The molecule has 0 fully saturated rings. The molecule has 42 valence electrons. The van der Waals surface area contributed by atoms with Crippen LogP contribution in [-0.2, 0) is 26.5 Å². The minimum atomic E-state index is 0. The van der Waals surface area contributed by atoms with Gasteiger partial charge in [0.25, 0.3) is 0 Å². The molecule has 0 spiro atoms. The maximum absolute atomic E-state index is 4.93. The molecule has 0 unspecified atom stereocenters. The first-order valence-electron chi connectivity index (χ1n) is 2.18. The average Bonchev–Trinajstić information content (AvgIpc) is 1.35. The van der Waals surface area contributed by atoms with Crippen molar-refractivity contribution in [3.8, 4) is 0 Å². The molecule has 0 aromatic rings. The fraction of sp³-hybridized carbons (Fsp3) is 0.800. The SMILES string of the molecule is [CH2-]COC(C)C.[Ti]. The second-order valence-corrected chi connectivity index (χ2v) is 1.42. The summed E-state index contributed by atoms with van der Waals surface area (Å²) >= 11 is 0. The van der Waals surface area contributed by atoms with Crippen LogP contribution in [0.1, 0.15) is 13.8 Å². The third-order valence-electron chi connectivity index (χ3n) is 0.451. The Kier molecular flexibility index (Phi) is 10.1.